The zero-order chi connectivity index (χ0) is 15.4. The van der Waals surface area contributed by atoms with Crippen LogP contribution in [0.3, 0.4) is 0 Å². The van der Waals surface area contributed by atoms with Crippen LogP contribution in [0.5, 0.6) is 0 Å². The van der Waals surface area contributed by atoms with E-state index in [1.54, 1.807) is 0 Å². The smallest absolute Gasteiger partial charge is 0.289 e. The van der Waals surface area contributed by atoms with Crippen molar-refractivity contribution >= 4 is 11.5 Å². The molecule has 8 nitrogen and oxygen atoms in total. The lowest BCUT2D eigenvalue weighted by molar-refractivity contribution is -0.385. The van der Waals surface area contributed by atoms with E-state index in [1.165, 1.54) is 12.3 Å². The molecule has 2 rings (SSSR count). The first-order valence-corrected chi connectivity index (χ1v) is 6.50. The number of hydrogen-bond acceptors (Lipinski definition) is 7. The van der Waals surface area contributed by atoms with Gasteiger partial charge in [-0.3, -0.25) is 15.0 Å². The molecule has 0 bridgehead atoms. The fraction of sp³-hybridized carbons (Fsp3) is 0.462. The number of aromatic nitrogens is 1. The van der Waals surface area contributed by atoms with Crippen LogP contribution in [0.15, 0.2) is 12.3 Å². The molecule has 21 heavy (non-hydrogen) atoms. The van der Waals surface area contributed by atoms with Gasteiger partial charge in [-0.15, -0.1) is 0 Å². The molecule has 1 aliphatic rings. The van der Waals surface area contributed by atoms with Crippen LogP contribution >= 0.6 is 0 Å². The number of nitriles is 2. The number of hydrogen-bond donors (Lipinski definition) is 0. The summed E-state index contributed by atoms with van der Waals surface area (Å²) in [5.41, 5.74) is 0.0121. The van der Waals surface area contributed by atoms with Crippen molar-refractivity contribution in [2.45, 2.75) is 13.0 Å². The number of anilines is 1. The maximum atomic E-state index is 10.7. The van der Waals surface area contributed by atoms with Crippen molar-refractivity contribution in [3.05, 3.63) is 27.9 Å². The van der Waals surface area contributed by atoms with Gasteiger partial charge in [0.25, 0.3) is 5.69 Å². The van der Waals surface area contributed by atoms with Gasteiger partial charge in [0.15, 0.2) is 0 Å². The van der Waals surface area contributed by atoms with Gasteiger partial charge in [-0.2, -0.15) is 10.5 Å². The first kappa shape index (κ1) is 14.7. The van der Waals surface area contributed by atoms with E-state index in [0.29, 0.717) is 32.0 Å². The van der Waals surface area contributed by atoms with Crippen LogP contribution in [-0.4, -0.2) is 47.0 Å². The highest BCUT2D eigenvalue weighted by molar-refractivity contribution is 5.57. The van der Waals surface area contributed by atoms with E-state index in [9.17, 15) is 10.1 Å². The summed E-state index contributed by atoms with van der Waals surface area (Å²) in [6.07, 6.45) is 1.17. The zero-order valence-electron chi connectivity index (χ0n) is 11.6. The minimum atomic E-state index is -0.565. The van der Waals surface area contributed by atoms with Crippen LogP contribution in [0.1, 0.15) is 12.5 Å². The Morgan fingerprint density at radius 3 is 2.57 bits per heavy atom. The predicted molar refractivity (Wildman–Crippen MR) is 74.5 cm³/mol. The summed E-state index contributed by atoms with van der Waals surface area (Å²) in [6, 6.07) is 5.25. The van der Waals surface area contributed by atoms with Crippen LogP contribution in [0.25, 0.3) is 0 Å². The molecule has 0 amide bonds. The first-order chi connectivity index (χ1) is 10.1. The maximum Gasteiger partial charge on any atom is 0.289 e. The Balaban J connectivity index is 2.16. The second-order valence-corrected chi connectivity index (χ2v) is 4.76. The van der Waals surface area contributed by atoms with E-state index in [2.05, 4.69) is 11.1 Å². The summed E-state index contributed by atoms with van der Waals surface area (Å²) in [5, 5.41) is 28.8. The molecule has 8 heteroatoms. The molecule has 108 valence electrons. The summed E-state index contributed by atoms with van der Waals surface area (Å²) in [5.74, 6) is 0.465. The van der Waals surface area contributed by atoms with E-state index in [0.717, 1.165) is 0 Å². The molecule has 0 radical (unpaired) electrons. The molecule has 0 aliphatic carbocycles. The predicted octanol–water partition coefficient (Wildman–Crippen LogP) is 0.896. The first-order valence-electron chi connectivity index (χ1n) is 6.50. The topological polar surface area (TPSA) is 110 Å². The van der Waals surface area contributed by atoms with Gasteiger partial charge < -0.3 is 4.90 Å². The van der Waals surface area contributed by atoms with E-state index in [1.807, 2.05) is 22.8 Å². The van der Waals surface area contributed by atoms with Gasteiger partial charge in [-0.25, -0.2) is 4.98 Å². The highest BCUT2D eigenvalue weighted by Gasteiger charge is 2.24. The van der Waals surface area contributed by atoms with Gasteiger partial charge in [-0.1, -0.05) is 0 Å². The van der Waals surface area contributed by atoms with Gasteiger partial charge in [0.05, 0.1) is 17.0 Å². The van der Waals surface area contributed by atoms with Gasteiger partial charge in [0.1, 0.15) is 23.6 Å². The SMILES string of the molecule is CC(C#N)N1CCN(c2ncc([N+](=O)[O-])cc2C#N)CC1. The fourth-order valence-corrected chi connectivity index (χ4v) is 2.28. The summed E-state index contributed by atoms with van der Waals surface area (Å²) >= 11 is 0. The summed E-state index contributed by atoms with van der Waals surface area (Å²) in [7, 11) is 0. The lowest BCUT2D eigenvalue weighted by Gasteiger charge is -2.36. The molecule has 0 N–H and O–H groups in total. The zero-order valence-corrected chi connectivity index (χ0v) is 11.6. The Bertz CT molecular complexity index is 625. The largest absolute Gasteiger partial charge is 0.353 e. The third-order valence-electron chi connectivity index (χ3n) is 3.53. The Hall–Kier alpha value is -2.71. The summed E-state index contributed by atoms with van der Waals surface area (Å²) in [4.78, 5) is 18.2. The number of rotatable bonds is 3. The summed E-state index contributed by atoms with van der Waals surface area (Å²) < 4.78 is 0. The van der Waals surface area contributed by atoms with Crippen molar-refractivity contribution in [2.24, 2.45) is 0 Å². The molecule has 0 spiro atoms. The Morgan fingerprint density at radius 1 is 1.38 bits per heavy atom. The molecule has 1 saturated heterocycles. The lowest BCUT2D eigenvalue weighted by atomic mass is 10.2. The van der Waals surface area contributed by atoms with Crippen molar-refractivity contribution in [3.8, 4) is 12.1 Å². The summed E-state index contributed by atoms with van der Waals surface area (Å²) in [6.45, 7) is 4.49. The molecule has 1 unspecified atom stereocenters. The van der Waals surface area contributed by atoms with E-state index < -0.39 is 4.92 Å². The Labute approximate surface area is 122 Å². The van der Waals surface area contributed by atoms with E-state index in [-0.39, 0.29) is 17.3 Å². The molecule has 1 aromatic heterocycles. The van der Waals surface area contributed by atoms with Crippen LogP contribution in [0.2, 0.25) is 0 Å². The second-order valence-electron chi connectivity index (χ2n) is 4.76. The monoisotopic (exact) mass is 286 g/mol. The number of nitrogens with zero attached hydrogens (tertiary/aromatic N) is 6. The molecule has 2 heterocycles. The minimum Gasteiger partial charge on any atom is -0.353 e. The fourth-order valence-electron chi connectivity index (χ4n) is 2.28. The van der Waals surface area contributed by atoms with Crippen LogP contribution in [-0.2, 0) is 0 Å². The van der Waals surface area contributed by atoms with Crippen molar-refractivity contribution in [1.29, 1.82) is 10.5 Å². The molecule has 0 saturated carbocycles. The van der Waals surface area contributed by atoms with E-state index >= 15 is 0 Å². The van der Waals surface area contributed by atoms with Gasteiger partial charge in [0, 0.05) is 32.2 Å². The van der Waals surface area contributed by atoms with Crippen molar-refractivity contribution in [2.75, 3.05) is 31.1 Å². The molecule has 1 atom stereocenters. The molecule has 1 fully saturated rings. The average Bonchev–Trinajstić information content (AvgIpc) is 2.53. The maximum absolute atomic E-state index is 10.7. The van der Waals surface area contributed by atoms with Crippen LogP contribution < -0.4 is 4.90 Å². The molecular weight excluding hydrogens is 272 g/mol. The molecular formula is C13H14N6O2. The number of pyridine rings is 1. The van der Waals surface area contributed by atoms with E-state index in [4.69, 9.17) is 10.5 Å². The standard InChI is InChI=1S/C13H14N6O2/c1-10(7-14)17-2-4-18(5-3-17)13-11(8-15)6-12(9-16-13)19(20)21/h6,9-10H,2-5H2,1H3. The lowest BCUT2D eigenvalue weighted by Crippen LogP contribution is -2.49. The number of nitro groups is 1. The average molecular weight is 286 g/mol. The van der Waals surface area contributed by atoms with Crippen LogP contribution in [0, 0.1) is 32.8 Å². The Morgan fingerprint density at radius 2 is 2.05 bits per heavy atom. The van der Waals surface area contributed by atoms with Gasteiger partial charge in [-0.05, 0) is 6.92 Å². The molecule has 0 aromatic carbocycles. The highest BCUT2D eigenvalue weighted by atomic mass is 16.6. The number of piperazine rings is 1. The molecule has 1 aliphatic heterocycles. The van der Waals surface area contributed by atoms with Crippen molar-refractivity contribution in [1.82, 2.24) is 9.88 Å². The van der Waals surface area contributed by atoms with Crippen LogP contribution in [0.4, 0.5) is 11.5 Å². The van der Waals surface area contributed by atoms with Crippen molar-refractivity contribution in [3.63, 3.8) is 0 Å². The molecule has 1 aromatic rings. The quantitative estimate of drug-likeness (QED) is 0.599. The third-order valence-corrected chi connectivity index (χ3v) is 3.53. The third kappa shape index (κ3) is 3.07. The van der Waals surface area contributed by atoms with Gasteiger partial charge in [0.2, 0.25) is 0 Å². The van der Waals surface area contributed by atoms with Crippen molar-refractivity contribution < 1.29 is 4.92 Å². The minimum absolute atomic E-state index is 0.146. The highest BCUT2D eigenvalue weighted by Crippen LogP contribution is 2.23. The normalized spacial score (nSPS) is 16.8. The second kappa shape index (κ2) is 6.16. The van der Waals surface area contributed by atoms with Gasteiger partial charge >= 0.3 is 0 Å². The Kier molecular flexibility index (Phi) is 4.31.